The van der Waals surface area contributed by atoms with Crippen molar-refractivity contribution in [2.75, 3.05) is 11.9 Å². The highest BCUT2D eigenvalue weighted by molar-refractivity contribution is 5.73. The highest BCUT2D eigenvalue weighted by Crippen LogP contribution is 2.49. The number of rotatable bonds is 1. The molecule has 0 saturated carbocycles. The zero-order valence-corrected chi connectivity index (χ0v) is 11.8. The largest absolute Gasteiger partial charge is 0.347 e. The molecule has 0 amide bonds. The van der Waals surface area contributed by atoms with Crippen LogP contribution in [-0.4, -0.2) is 7.05 Å². The molecule has 0 saturated heterocycles. The Bertz CT molecular complexity index is 639. The van der Waals surface area contributed by atoms with Gasteiger partial charge in [0.1, 0.15) is 0 Å². The van der Waals surface area contributed by atoms with Crippen LogP contribution < -0.4 is 4.90 Å². The molecule has 1 aliphatic heterocycles. The minimum absolute atomic E-state index is 0.126. The Morgan fingerprint density at radius 3 is 2.32 bits per heavy atom. The maximum atomic E-state index is 4.33. The maximum Gasteiger partial charge on any atom is 0.0590 e. The van der Waals surface area contributed by atoms with E-state index in [1.54, 1.807) is 0 Å². The fourth-order valence-corrected chi connectivity index (χ4v) is 3.03. The van der Waals surface area contributed by atoms with Crippen molar-refractivity contribution in [2.24, 2.45) is 0 Å². The van der Waals surface area contributed by atoms with Crippen LogP contribution in [0.4, 0.5) is 5.69 Å². The van der Waals surface area contributed by atoms with E-state index in [1.807, 2.05) is 0 Å². The summed E-state index contributed by atoms with van der Waals surface area (Å²) in [7, 11) is 2.10. The Morgan fingerprint density at radius 2 is 1.63 bits per heavy atom. The molecule has 1 atom stereocenters. The van der Waals surface area contributed by atoms with Crippen molar-refractivity contribution < 1.29 is 0 Å². The van der Waals surface area contributed by atoms with Crippen LogP contribution in [0, 0.1) is 6.92 Å². The first-order chi connectivity index (χ1) is 9.05. The Labute approximate surface area is 115 Å². The number of aryl methyl sites for hydroxylation is 1. The molecule has 2 aromatic carbocycles. The SMILES string of the molecule is C=C1N(C)c2ccccc2C1(C)c1ccc(C)cc1. The molecule has 0 bridgehead atoms. The molecule has 1 heterocycles. The number of anilines is 1. The van der Waals surface area contributed by atoms with Crippen LogP contribution in [0.1, 0.15) is 23.6 Å². The number of hydrogen-bond acceptors (Lipinski definition) is 1. The van der Waals surface area contributed by atoms with Crippen molar-refractivity contribution in [3.63, 3.8) is 0 Å². The summed E-state index contributed by atoms with van der Waals surface area (Å²) in [5.41, 5.74) is 6.20. The van der Waals surface area contributed by atoms with Gasteiger partial charge >= 0.3 is 0 Å². The first-order valence-electron chi connectivity index (χ1n) is 6.65. The van der Waals surface area contributed by atoms with Crippen molar-refractivity contribution >= 4 is 5.69 Å². The minimum Gasteiger partial charge on any atom is -0.347 e. The molecule has 1 nitrogen and oxygen atoms in total. The summed E-state index contributed by atoms with van der Waals surface area (Å²) in [5, 5.41) is 0. The maximum absolute atomic E-state index is 4.33. The third-order valence-corrected chi connectivity index (χ3v) is 4.42. The van der Waals surface area contributed by atoms with E-state index in [4.69, 9.17) is 0 Å². The van der Waals surface area contributed by atoms with Crippen molar-refractivity contribution in [1.29, 1.82) is 0 Å². The van der Waals surface area contributed by atoms with Gasteiger partial charge in [0.05, 0.1) is 5.41 Å². The van der Waals surface area contributed by atoms with Gasteiger partial charge in [-0.2, -0.15) is 0 Å². The normalized spacial score (nSPS) is 21.6. The molecule has 2 aromatic rings. The van der Waals surface area contributed by atoms with Crippen LogP contribution in [0.3, 0.4) is 0 Å². The van der Waals surface area contributed by atoms with E-state index in [2.05, 4.69) is 80.9 Å². The van der Waals surface area contributed by atoms with Gasteiger partial charge < -0.3 is 4.90 Å². The highest BCUT2D eigenvalue weighted by Gasteiger charge is 2.42. The van der Waals surface area contributed by atoms with Gasteiger partial charge in [-0.15, -0.1) is 0 Å². The molecule has 1 heteroatoms. The van der Waals surface area contributed by atoms with Crippen LogP contribution in [0.25, 0.3) is 0 Å². The fraction of sp³-hybridized carbons (Fsp3) is 0.222. The van der Waals surface area contributed by atoms with Crippen LogP contribution >= 0.6 is 0 Å². The lowest BCUT2D eigenvalue weighted by Crippen LogP contribution is -2.26. The van der Waals surface area contributed by atoms with Crippen LogP contribution in [0.15, 0.2) is 60.8 Å². The predicted octanol–water partition coefficient (Wildman–Crippen LogP) is 4.26. The van der Waals surface area contributed by atoms with Gasteiger partial charge in [-0.25, -0.2) is 0 Å². The zero-order valence-electron chi connectivity index (χ0n) is 11.8. The quantitative estimate of drug-likeness (QED) is 0.729. The van der Waals surface area contributed by atoms with E-state index < -0.39 is 0 Å². The molecular formula is C18H19N. The second kappa shape index (κ2) is 3.99. The Morgan fingerprint density at radius 1 is 1.00 bits per heavy atom. The molecule has 0 spiro atoms. The van der Waals surface area contributed by atoms with Crippen LogP contribution in [-0.2, 0) is 5.41 Å². The molecule has 0 N–H and O–H groups in total. The average molecular weight is 249 g/mol. The smallest absolute Gasteiger partial charge is 0.0590 e. The van der Waals surface area contributed by atoms with Gasteiger partial charge in [0.2, 0.25) is 0 Å². The van der Waals surface area contributed by atoms with Gasteiger partial charge in [0, 0.05) is 18.4 Å². The number of hydrogen-bond donors (Lipinski definition) is 0. The molecule has 0 radical (unpaired) electrons. The Hall–Kier alpha value is -2.02. The zero-order chi connectivity index (χ0) is 13.6. The monoisotopic (exact) mass is 249 g/mol. The number of nitrogens with zero attached hydrogens (tertiary/aromatic N) is 1. The molecule has 96 valence electrons. The topological polar surface area (TPSA) is 3.24 Å². The summed E-state index contributed by atoms with van der Waals surface area (Å²) in [6, 6.07) is 17.4. The third-order valence-electron chi connectivity index (χ3n) is 4.42. The summed E-state index contributed by atoms with van der Waals surface area (Å²) in [5.74, 6) is 0. The number of benzene rings is 2. The second-order valence-electron chi connectivity index (χ2n) is 5.51. The summed E-state index contributed by atoms with van der Waals surface area (Å²) in [6.07, 6.45) is 0. The lowest BCUT2D eigenvalue weighted by Gasteiger charge is -2.28. The third kappa shape index (κ3) is 1.54. The van der Waals surface area contributed by atoms with E-state index in [9.17, 15) is 0 Å². The van der Waals surface area contributed by atoms with E-state index in [-0.39, 0.29) is 5.41 Å². The highest BCUT2D eigenvalue weighted by atomic mass is 15.2. The van der Waals surface area contributed by atoms with Crippen LogP contribution in [0.5, 0.6) is 0 Å². The molecule has 0 aromatic heterocycles. The first-order valence-corrected chi connectivity index (χ1v) is 6.65. The number of para-hydroxylation sites is 1. The second-order valence-corrected chi connectivity index (χ2v) is 5.51. The number of allylic oxidation sites excluding steroid dienone is 1. The molecule has 1 aliphatic rings. The van der Waals surface area contributed by atoms with Gasteiger partial charge in [0.15, 0.2) is 0 Å². The van der Waals surface area contributed by atoms with Crippen molar-refractivity contribution in [3.05, 3.63) is 77.5 Å². The standard InChI is InChI=1S/C18H19N/c1-13-9-11-15(12-10-13)18(3)14(2)19(4)17-8-6-5-7-16(17)18/h5-12H,2H2,1,3-4H3. The molecule has 3 rings (SSSR count). The van der Waals surface area contributed by atoms with E-state index in [1.165, 1.54) is 22.4 Å². The summed E-state index contributed by atoms with van der Waals surface area (Å²) in [4.78, 5) is 2.20. The molecule has 19 heavy (non-hydrogen) atoms. The lowest BCUT2D eigenvalue weighted by atomic mass is 9.76. The van der Waals surface area contributed by atoms with Crippen molar-refractivity contribution in [1.82, 2.24) is 0 Å². The van der Waals surface area contributed by atoms with Crippen molar-refractivity contribution in [2.45, 2.75) is 19.3 Å². The predicted molar refractivity (Wildman–Crippen MR) is 81.6 cm³/mol. The Balaban J connectivity index is 2.24. The van der Waals surface area contributed by atoms with E-state index >= 15 is 0 Å². The molecular weight excluding hydrogens is 230 g/mol. The van der Waals surface area contributed by atoms with E-state index in [0.29, 0.717) is 0 Å². The fourth-order valence-electron chi connectivity index (χ4n) is 3.03. The lowest BCUT2D eigenvalue weighted by molar-refractivity contribution is 0.694. The summed E-state index contributed by atoms with van der Waals surface area (Å²) in [6.45, 7) is 8.71. The molecule has 0 fully saturated rings. The summed E-state index contributed by atoms with van der Waals surface area (Å²) >= 11 is 0. The molecule has 1 unspecified atom stereocenters. The molecule has 0 aliphatic carbocycles. The van der Waals surface area contributed by atoms with Gasteiger partial charge in [-0.1, -0.05) is 54.6 Å². The van der Waals surface area contributed by atoms with E-state index in [0.717, 1.165) is 5.70 Å². The average Bonchev–Trinajstić information content (AvgIpc) is 2.63. The summed E-state index contributed by atoms with van der Waals surface area (Å²) < 4.78 is 0. The Kier molecular flexibility index (Phi) is 2.53. The van der Waals surface area contributed by atoms with Crippen LogP contribution in [0.2, 0.25) is 0 Å². The van der Waals surface area contributed by atoms with Gasteiger partial charge in [0.25, 0.3) is 0 Å². The van der Waals surface area contributed by atoms with Gasteiger partial charge in [-0.05, 0) is 31.0 Å². The first kappa shape index (κ1) is 12.0. The minimum atomic E-state index is -0.126. The number of fused-ring (bicyclic) bond motifs is 1. The number of likely N-dealkylation sites (N-methyl/N-ethyl adjacent to an activating group) is 1. The van der Waals surface area contributed by atoms with Gasteiger partial charge in [-0.3, -0.25) is 0 Å². The van der Waals surface area contributed by atoms with Crippen molar-refractivity contribution in [3.8, 4) is 0 Å².